The van der Waals surface area contributed by atoms with Crippen molar-refractivity contribution in [3.8, 4) is 11.8 Å². The second-order valence-corrected chi connectivity index (χ2v) is 12.2. The van der Waals surface area contributed by atoms with Gasteiger partial charge in [-0.1, -0.05) is 6.07 Å². The van der Waals surface area contributed by atoms with Crippen LogP contribution in [-0.2, 0) is 22.5 Å². The lowest BCUT2D eigenvalue weighted by Gasteiger charge is -2.29. The standard InChI is InChI=1S/C29H30N4O5S2/c1-29(2,3)38-28(36)33-13-12-22-23(15-30)27(40-24(22)16-33)32-25(34)17-39-21-7-5-6-19(14-21)31-26(35)18-8-10-20(37-4)11-9-18/h5-11,14H,12-13,16-17H2,1-4H3,(H,31,35)(H,32,34). The number of anilines is 2. The highest BCUT2D eigenvalue weighted by Gasteiger charge is 2.30. The fourth-order valence-electron chi connectivity index (χ4n) is 4.01. The van der Waals surface area contributed by atoms with Gasteiger partial charge in [0.05, 0.1) is 25.0 Å². The van der Waals surface area contributed by atoms with E-state index in [9.17, 15) is 19.6 Å². The number of nitrogens with one attached hydrogen (secondary N) is 2. The van der Waals surface area contributed by atoms with E-state index in [1.807, 2.05) is 26.8 Å². The first-order chi connectivity index (χ1) is 19.1. The number of thiophene rings is 1. The number of ether oxygens (including phenoxy) is 2. The van der Waals surface area contributed by atoms with E-state index in [1.165, 1.54) is 23.1 Å². The number of hydrogen-bond donors (Lipinski definition) is 2. The number of carbonyl (C=O) groups is 3. The summed E-state index contributed by atoms with van der Waals surface area (Å²) in [5.41, 5.74) is 1.84. The molecule has 1 aromatic heterocycles. The molecule has 0 saturated heterocycles. The summed E-state index contributed by atoms with van der Waals surface area (Å²) >= 11 is 2.64. The number of rotatable bonds is 7. The molecule has 0 fully saturated rings. The number of nitriles is 1. The SMILES string of the molecule is COc1ccc(C(=O)Nc2cccc(SCC(=O)Nc3sc4c(c3C#N)CCN(C(=O)OC(C)(C)C)C4)c2)cc1. The van der Waals surface area contributed by atoms with E-state index in [0.29, 0.717) is 47.1 Å². The van der Waals surface area contributed by atoms with Crippen LogP contribution in [0.15, 0.2) is 53.4 Å². The van der Waals surface area contributed by atoms with Crippen LogP contribution in [0.5, 0.6) is 5.75 Å². The van der Waals surface area contributed by atoms with Crippen molar-refractivity contribution in [2.45, 2.75) is 44.2 Å². The lowest BCUT2D eigenvalue weighted by molar-refractivity contribution is -0.113. The topological polar surface area (TPSA) is 121 Å². The second kappa shape index (κ2) is 12.4. The number of carbonyl (C=O) groups excluding carboxylic acids is 3. The largest absolute Gasteiger partial charge is 0.497 e. The van der Waals surface area contributed by atoms with E-state index in [1.54, 1.807) is 54.5 Å². The molecular formula is C29H30N4O5S2. The Morgan fingerprint density at radius 1 is 1.12 bits per heavy atom. The van der Waals surface area contributed by atoms with Gasteiger partial charge in [0.2, 0.25) is 5.91 Å². The minimum atomic E-state index is -0.594. The number of nitrogens with zero attached hydrogens (tertiary/aromatic N) is 2. The average molecular weight is 579 g/mol. The summed E-state index contributed by atoms with van der Waals surface area (Å²) in [5, 5.41) is 16.0. The lowest BCUT2D eigenvalue weighted by Crippen LogP contribution is -2.39. The summed E-state index contributed by atoms with van der Waals surface area (Å²) in [5.74, 6) is 0.281. The van der Waals surface area contributed by atoms with Crippen LogP contribution in [0, 0.1) is 11.3 Å². The molecule has 2 aromatic carbocycles. The van der Waals surface area contributed by atoms with Gasteiger partial charge in [0.25, 0.3) is 5.91 Å². The Hall–Kier alpha value is -4.01. The first-order valence-electron chi connectivity index (χ1n) is 12.6. The van der Waals surface area contributed by atoms with Gasteiger partial charge < -0.3 is 25.0 Å². The summed E-state index contributed by atoms with van der Waals surface area (Å²) in [6.07, 6.45) is 0.127. The van der Waals surface area contributed by atoms with E-state index < -0.39 is 11.7 Å². The zero-order valence-electron chi connectivity index (χ0n) is 22.7. The second-order valence-electron chi connectivity index (χ2n) is 10.0. The van der Waals surface area contributed by atoms with Crippen LogP contribution in [0.3, 0.4) is 0 Å². The predicted octanol–water partition coefficient (Wildman–Crippen LogP) is 5.90. The molecular weight excluding hydrogens is 548 g/mol. The molecule has 2 heterocycles. The Balaban J connectivity index is 1.35. The van der Waals surface area contributed by atoms with Crippen molar-refractivity contribution in [3.05, 3.63) is 70.1 Å². The highest BCUT2D eigenvalue weighted by atomic mass is 32.2. The van der Waals surface area contributed by atoms with E-state index in [-0.39, 0.29) is 17.6 Å². The minimum Gasteiger partial charge on any atom is -0.497 e. The van der Waals surface area contributed by atoms with Gasteiger partial charge >= 0.3 is 6.09 Å². The van der Waals surface area contributed by atoms with Crippen molar-refractivity contribution in [3.63, 3.8) is 0 Å². The third-order valence-corrected chi connectivity index (χ3v) is 8.01. The van der Waals surface area contributed by atoms with Gasteiger partial charge in [-0.3, -0.25) is 9.59 Å². The Kier molecular flexibility index (Phi) is 9.02. The smallest absolute Gasteiger partial charge is 0.410 e. The Morgan fingerprint density at radius 2 is 1.88 bits per heavy atom. The molecule has 9 nitrogen and oxygen atoms in total. The molecule has 3 amide bonds. The molecule has 3 aromatic rings. The maximum atomic E-state index is 12.8. The van der Waals surface area contributed by atoms with Crippen LogP contribution in [0.2, 0.25) is 0 Å². The van der Waals surface area contributed by atoms with E-state index in [4.69, 9.17) is 9.47 Å². The average Bonchev–Trinajstić information content (AvgIpc) is 3.27. The molecule has 0 radical (unpaired) electrons. The molecule has 40 heavy (non-hydrogen) atoms. The summed E-state index contributed by atoms with van der Waals surface area (Å²) in [6, 6.07) is 16.3. The van der Waals surface area contributed by atoms with Crippen molar-refractivity contribution in [1.82, 2.24) is 4.90 Å². The van der Waals surface area contributed by atoms with Crippen LogP contribution in [0.4, 0.5) is 15.5 Å². The van der Waals surface area contributed by atoms with Gasteiger partial charge in [-0.15, -0.1) is 23.1 Å². The summed E-state index contributed by atoms with van der Waals surface area (Å²) in [4.78, 5) is 41.2. The number of fused-ring (bicyclic) bond motifs is 1. The third kappa shape index (κ3) is 7.34. The normalized spacial score (nSPS) is 12.6. The molecule has 0 saturated carbocycles. The molecule has 2 N–H and O–H groups in total. The lowest BCUT2D eigenvalue weighted by atomic mass is 10.0. The molecule has 0 atom stereocenters. The Morgan fingerprint density at radius 3 is 2.55 bits per heavy atom. The number of methoxy groups -OCH3 is 1. The highest BCUT2D eigenvalue weighted by Crippen LogP contribution is 2.37. The first-order valence-corrected chi connectivity index (χ1v) is 14.4. The van der Waals surface area contributed by atoms with Crippen molar-refractivity contribution in [2.75, 3.05) is 30.0 Å². The van der Waals surface area contributed by atoms with Crippen LogP contribution in [0.1, 0.15) is 47.1 Å². The van der Waals surface area contributed by atoms with Crippen LogP contribution >= 0.6 is 23.1 Å². The number of hydrogen-bond acceptors (Lipinski definition) is 8. The molecule has 11 heteroatoms. The zero-order chi connectivity index (χ0) is 28.9. The van der Waals surface area contributed by atoms with E-state index in [2.05, 4.69) is 16.7 Å². The molecule has 0 spiro atoms. The Bertz CT molecular complexity index is 1450. The van der Waals surface area contributed by atoms with Gasteiger partial charge in [0.1, 0.15) is 22.4 Å². The van der Waals surface area contributed by atoms with E-state index >= 15 is 0 Å². The number of benzene rings is 2. The van der Waals surface area contributed by atoms with Gasteiger partial charge in [0, 0.05) is 27.6 Å². The van der Waals surface area contributed by atoms with Crippen LogP contribution in [-0.4, -0.2) is 47.8 Å². The third-order valence-electron chi connectivity index (χ3n) is 5.89. The van der Waals surface area contributed by atoms with Crippen molar-refractivity contribution < 1.29 is 23.9 Å². The first kappa shape index (κ1) is 29.0. The fourth-order valence-corrected chi connectivity index (χ4v) is 6.00. The molecule has 208 valence electrons. The number of amides is 3. The fraction of sp³-hybridized carbons (Fsp3) is 0.310. The molecule has 0 bridgehead atoms. The molecule has 0 unspecified atom stereocenters. The monoisotopic (exact) mass is 578 g/mol. The maximum Gasteiger partial charge on any atom is 0.410 e. The van der Waals surface area contributed by atoms with Crippen molar-refractivity contribution >= 4 is 51.7 Å². The Labute approximate surface area is 241 Å². The molecule has 1 aliphatic heterocycles. The molecule has 1 aliphatic rings. The quantitative estimate of drug-likeness (QED) is 0.335. The predicted molar refractivity (Wildman–Crippen MR) is 156 cm³/mol. The number of thioether (sulfide) groups is 1. The van der Waals surface area contributed by atoms with Gasteiger partial charge in [0.15, 0.2) is 0 Å². The minimum absolute atomic E-state index is 0.118. The van der Waals surface area contributed by atoms with Crippen molar-refractivity contribution in [2.24, 2.45) is 0 Å². The van der Waals surface area contributed by atoms with Gasteiger partial charge in [-0.05, 0) is 75.2 Å². The molecule has 0 aliphatic carbocycles. The maximum absolute atomic E-state index is 12.8. The summed E-state index contributed by atoms with van der Waals surface area (Å²) in [7, 11) is 1.57. The van der Waals surface area contributed by atoms with Crippen LogP contribution < -0.4 is 15.4 Å². The summed E-state index contributed by atoms with van der Waals surface area (Å²) < 4.78 is 10.6. The van der Waals surface area contributed by atoms with Gasteiger partial charge in [-0.2, -0.15) is 5.26 Å². The summed E-state index contributed by atoms with van der Waals surface area (Å²) in [6.45, 7) is 6.24. The molecule has 4 rings (SSSR count). The highest BCUT2D eigenvalue weighted by molar-refractivity contribution is 8.00. The van der Waals surface area contributed by atoms with Crippen molar-refractivity contribution in [1.29, 1.82) is 5.26 Å². The van der Waals surface area contributed by atoms with Crippen LogP contribution in [0.25, 0.3) is 0 Å². The zero-order valence-corrected chi connectivity index (χ0v) is 24.3. The van der Waals surface area contributed by atoms with Gasteiger partial charge in [-0.25, -0.2) is 4.79 Å². The van der Waals surface area contributed by atoms with E-state index in [0.717, 1.165) is 15.3 Å².